The molecule has 0 aliphatic rings. The van der Waals surface area contributed by atoms with Crippen molar-refractivity contribution in [3.63, 3.8) is 0 Å². The topological polar surface area (TPSA) is 51.1 Å². The van der Waals surface area contributed by atoms with Gasteiger partial charge in [0.2, 0.25) is 0 Å². The van der Waals surface area contributed by atoms with E-state index in [4.69, 9.17) is 0 Å². The van der Waals surface area contributed by atoms with Gasteiger partial charge in [0.15, 0.2) is 0 Å². The van der Waals surface area contributed by atoms with Crippen LogP contribution in [0, 0.1) is 20.8 Å². The Morgan fingerprint density at radius 1 is 0.920 bits per heavy atom. The number of aryl methyl sites for hydroxylation is 2. The van der Waals surface area contributed by atoms with E-state index < -0.39 is 10.0 Å². The van der Waals surface area contributed by atoms with Gasteiger partial charge in [-0.3, -0.25) is 4.68 Å². The second kappa shape index (κ2) is 6.76. The molecule has 5 heteroatoms. The quantitative estimate of drug-likeness (QED) is 0.754. The predicted octanol–water partition coefficient (Wildman–Crippen LogP) is 3.94. The zero-order valence-electron chi connectivity index (χ0n) is 14.7. The number of benzene rings is 2. The Morgan fingerprint density at radius 3 is 2.20 bits per heavy atom. The fourth-order valence-electron chi connectivity index (χ4n) is 2.76. The summed E-state index contributed by atoms with van der Waals surface area (Å²) >= 11 is 0. The zero-order valence-corrected chi connectivity index (χ0v) is 15.5. The van der Waals surface area contributed by atoms with Crippen LogP contribution in [0.4, 0.5) is 0 Å². The standard InChI is InChI=1S/C20H22N2O2S/c1-15-9-11-20(12-10-15)25(23,24)21-22-17(3)16(2)13-19(22)14-18-7-5-4-6-8-18/h4-13,21H,14H2,1-3H3. The summed E-state index contributed by atoms with van der Waals surface area (Å²) in [4.78, 5) is 2.98. The summed E-state index contributed by atoms with van der Waals surface area (Å²) in [5, 5.41) is 0. The summed E-state index contributed by atoms with van der Waals surface area (Å²) in [5.74, 6) is 0. The lowest BCUT2D eigenvalue weighted by Crippen LogP contribution is -2.26. The molecule has 0 amide bonds. The molecule has 3 aromatic rings. The Kier molecular flexibility index (Phi) is 4.68. The van der Waals surface area contributed by atoms with Gasteiger partial charge in [-0.1, -0.05) is 48.0 Å². The van der Waals surface area contributed by atoms with Crippen molar-refractivity contribution in [1.82, 2.24) is 4.68 Å². The summed E-state index contributed by atoms with van der Waals surface area (Å²) in [6.45, 7) is 5.84. The third kappa shape index (κ3) is 3.77. The van der Waals surface area contributed by atoms with E-state index in [0.29, 0.717) is 6.42 Å². The van der Waals surface area contributed by atoms with E-state index in [-0.39, 0.29) is 4.90 Å². The maximum absolute atomic E-state index is 12.7. The van der Waals surface area contributed by atoms with Crippen LogP contribution in [0.5, 0.6) is 0 Å². The normalized spacial score (nSPS) is 11.5. The van der Waals surface area contributed by atoms with Crippen molar-refractivity contribution in [3.8, 4) is 0 Å². The first kappa shape index (κ1) is 17.3. The molecule has 3 rings (SSSR count). The number of rotatable bonds is 5. The van der Waals surface area contributed by atoms with E-state index in [1.54, 1.807) is 28.9 Å². The third-order valence-corrected chi connectivity index (χ3v) is 5.66. The second-order valence-corrected chi connectivity index (χ2v) is 7.97. The Morgan fingerprint density at radius 2 is 1.56 bits per heavy atom. The fraction of sp³-hybridized carbons (Fsp3) is 0.200. The van der Waals surface area contributed by atoms with Crippen LogP contribution in [0.25, 0.3) is 0 Å². The minimum atomic E-state index is -3.64. The Labute approximate surface area is 149 Å². The minimum absolute atomic E-state index is 0.259. The molecule has 1 aromatic heterocycles. The number of hydrogen-bond donors (Lipinski definition) is 1. The molecule has 0 aliphatic heterocycles. The highest BCUT2D eigenvalue weighted by Crippen LogP contribution is 2.19. The van der Waals surface area contributed by atoms with Crippen LogP contribution in [0.2, 0.25) is 0 Å². The van der Waals surface area contributed by atoms with E-state index >= 15 is 0 Å². The van der Waals surface area contributed by atoms with E-state index in [1.807, 2.05) is 57.2 Å². The smallest absolute Gasteiger partial charge is 0.255 e. The molecule has 0 unspecified atom stereocenters. The molecule has 130 valence electrons. The number of nitrogens with one attached hydrogen (secondary N) is 1. The molecule has 1 heterocycles. The lowest BCUT2D eigenvalue weighted by atomic mass is 10.1. The lowest BCUT2D eigenvalue weighted by molar-refractivity contribution is 0.593. The van der Waals surface area contributed by atoms with Gasteiger partial charge < -0.3 is 0 Å². The van der Waals surface area contributed by atoms with Gasteiger partial charge in [0.05, 0.1) is 4.90 Å². The van der Waals surface area contributed by atoms with Crippen LogP contribution in [-0.2, 0) is 16.4 Å². The molecule has 0 saturated carbocycles. The molecular formula is C20H22N2O2S. The summed E-state index contributed by atoms with van der Waals surface area (Å²) in [6.07, 6.45) is 0.659. The largest absolute Gasteiger partial charge is 0.275 e. The highest BCUT2D eigenvalue weighted by molar-refractivity contribution is 7.92. The van der Waals surface area contributed by atoms with Crippen molar-refractivity contribution >= 4 is 10.0 Å². The molecule has 0 bridgehead atoms. The fourth-order valence-corrected chi connectivity index (χ4v) is 3.86. The Balaban J connectivity index is 1.95. The Bertz CT molecular complexity index is 973. The number of aromatic nitrogens is 1. The minimum Gasteiger partial charge on any atom is -0.255 e. The van der Waals surface area contributed by atoms with Crippen molar-refractivity contribution in [2.45, 2.75) is 32.1 Å². The van der Waals surface area contributed by atoms with Crippen LogP contribution in [-0.4, -0.2) is 13.1 Å². The van der Waals surface area contributed by atoms with Gasteiger partial charge in [0.1, 0.15) is 0 Å². The van der Waals surface area contributed by atoms with Crippen LogP contribution in [0.3, 0.4) is 0 Å². The first-order valence-corrected chi connectivity index (χ1v) is 9.66. The summed E-state index contributed by atoms with van der Waals surface area (Å²) in [7, 11) is -3.64. The summed E-state index contributed by atoms with van der Waals surface area (Å²) < 4.78 is 27.2. The average Bonchev–Trinajstić information content (AvgIpc) is 2.83. The monoisotopic (exact) mass is 354 g/mol. The van der Waals surface area contributed by atoms with Crippen LogP contribution in [0.1, 0.15) is 28.1 Å². The van der Waals surface area contributed by atoms with Gasteiger partial charge >= 0.3 is 0 Å². The maximum Gasteiger partial charge on any atom is 0.275 e. The molecule has 0 aliphatic carbocycles. The van der Waals surface area contributed by atoms with Crippen LogP contribution in [0.15, 0.2) is 65.6 Å². The number of hydrogen-bond acceptors (Lipinski definition) is 2. The molecule has 4 nitrogen and oxygen atoms in total. The predicted molar refractivity (Wildman–Crippen MR) is 101 cm³/mol. The molecule has 0 spiro atoms. The average molecular weight is 354 g/mol. The van der Waals surface area contributed by atoms with Crippen LogP contribution >= 0.6 is 0 Å². The maximum atomic E-state index is 12.7. The molecule has 2 aromatic carbocycles. The van der Waals surface area contributed by atoms with Crippen LogP contribution < -0.4 is 4.83 Å². The molecule has 0 saturated heterocycles. The molecular weight excluding hydrogens is 332 g/mol. The third-order valence-electron chi connectivity index (χ3n) is 4.35. The summed E-state index contributed by atoms with van der Waals surface area (Å²) in [6, 6.07) is 18.9. The first-order chi connectivity index (χ1) is 11.9. The molecule has 25 heavy (non-hydrogen) atoms. The van der Waals surface area contributed by atoms with Gasteiger partial charge in [-0.05, 0) is 50.1 Å². The van der Waals surface area contributed by atoms with Gasteiger partial charge in [-0.25, -0.2) is 4.83 Å². The molecule has 1 N–H and O–H groups in total. The molecule has 0 fully saturated rings. The highest BCUT2D eigenvalue weighted by Gasteiger charge is 2.18. The van der Waals surface area contributed by atoms with Crippen molar-refractivity contribution in [3.05, 3.63) is 88.7 Å². The first-order valence-electron chi connectivity index (χ1n) is 8.18. The van der Waals surface area contributed by atoms with E-state index in [9.17, 15) is 8.42 Å². The Hall–Kier alpha value is -2.53. The van der Waals surface area contributed by atoms with Gasteiger partial charge in [-0.15, -0.1) is 0 Å². The number of nitrogens with zero attached hydrogens (tertiary/aromatic N) is 1. The van der Waals surface area contributed by atoms with E-state index in [0.717, 1.165) is 28.1 Å². The van der Waals surface area contributed by atoms with Gasteiger partial charge in [-0.2, -0.15) is 8.42 Å². The second-order valence-electron chi connectivity index (χ2n) is 6.31. The number of sulfonamides is 1. The van der Waals surface area contributed by atoms with Crippen molar-refractivity contribution in [2.75, 3.05) is 4.83 Å². The lowest BCUT2D eigenvalue weighted by Gasteiger charge is -2.15. The molecule has 0 radical (unpaired) electrons. The van der Waals surface area contributed by atoms with Gasteiger partial charge in [0.25, 0.3) is 10.0 Å². The van der Waals surface area contributed by atoms with Crippen molar-refractivity contribution in [1.29, 1.82) is 0 Å². The van der Waals surface area contributed by atoms with Crippen molar-refractivity contribution in [2.24, 2.45) is 0 Å². The van der Waals surface area contributed by atoms with E-state index in [2.05, 4.69) is 4.83 Å². The zero-order chi connectivity index (χ0) is 18.0. The highest BCUT2D eigenvalue weighted by atomic mass is 32.2. The van der Waals surface area contributed by atoms with Crippen molar-refractivity contribution < 1.29 is 8.42 Å². The SMILES string of the molecule is Cc1ccc(S(=O)(=O)Nn2c(Cc3ccccc3)cc(C)c2C)cc1. The molecule has 0 atom stereocenters. The van der Waals surface area contributed by atoms with E-state index in [1.165, 1.54) is 0 Å². The summed E-state index contributed by atoms with van der Waals surface area (Å²) in [5.41, 5.74) is 5.02. The van der Waals surface area contributed by atoms with Gasteiger partial charge in [0, 0.05) is 17.8 Å².